The van der Waals surface area contributed by atoms with Gasteiger partial charge in [0.15, 0.2) is 0 Å². The van der Waals surface area contributed by atoms with Gasteiger partial charge in [0.1, 0.15) is 30.0 Å². The summed E-state index contributed by atoms with van der Waals surface area (Å²) in [6.45, 7) is 8.81. The van der Waals surface area contributed by atoms with E-state index in [9.17, 15) is 23.5 Å². The zero-order valence-electron chi connectivity index (χ0n) is 28.9. The average Bonchev–Trinajstić information content (AvgIpc) is 3.57. The van der Waals surface area contributed by atoms with Crippen molar-refractivity contribution in [3.05, 3.63) is 42.7 Å². The van der Waals surface area contributed by atoms with Crippen LogP contribution < -0.4 is 30.9 Å². The number of fused-ring (bicyclic) bond motifs is 1. The van der Waals surface area contributed by atoms with Crippen LogP contribution in [0.25, 0.3) is 10.9 Å². The van der Waals surface area contributed by atoms with Crippen LogP contribution in [0.3, 0.4) is 0 Å². The number of benzene rings is 2. The molecule has 0 saturated carbocycles. The fraction of sp³-hybridized carbons (Fsp3) is 0.500. The molecule has 3 amide bonds. The zero-order valence-corrected chi connectivity index (χ0v) is 29.8. The number of likely N-dealkylation sites (tertiary alicyclic amines) is 1. The van der Waals surface area contributed by atoms with Crippen LogP contribution >= 0.6 is 10.6 Å². The molecule has 2 aromatic carbocycles. The van der Waals surface area contributed by atoms with E-state index in [0.29, 0.717) is 72.1 Å². The Morgan fingerprint density at radius 1 is 1.04 bits per heavy atom. The minimum absolute atomic E-state index is 0.291. The van der Waals surface area contributed by atoms with Gasteiger partial charge in [0.2, 0.25) is 17.7 Å². The molecule has 1 aromatic heterocycles. The Bertz CT molecular complexity index is 1690. The maximum atomic E-state index is 13.9. The van der Waals surface area contributed by atoms with E-state index < -0.39 is 34.1 Å². The number of amides is 3. The predicted molar refractivity (Wildman–Crippen MR) is 194 cm³/mol. The fourth-order valence-corrected chi connectivity index (χ4v) is 7.36. The summed E-state index contributed by atoms with van der Waals surface area (Å²) >= 11 is 0. The largest absolute Gasteiger partial charge is 0.494 e. The molecule has 6 N–H and O–H groups in total. The molecule has 5 rings (SSSR count). The van der Waals surface area contributed by atoms with Crippen LogP contribution in [0.2, 0.25) is 0 Å². The molecule has 2 aliphatic heterocycles. The topological polar surface area (TPSA) is 181 Å². The van der Waals surface area contributed by atoms with Crippen molar-refractivity contribution in [2.75, 3.05) is 60.8 Å². The number of anilines is 4. The Morgan fingerprint density at radius 3 is 2.43 bits per heavy atom. The summed E-state index contributed by atoms with van der Waals surface area (Å²) in [7, 11) is 0.639. The van der Waals surface area contributed by atoms with Gasteiger partial charge in [-0.2, -0.15) is 10.6 Å². The monoisotopic (exact) mass is 696 g/mol. The number of nitrogens with zero attached hydrogens (tertiary/aromatic N) is 4. The second kappa shape index (κ2) is 14.7. The predicted octanol–water partition coefficient (Wildman–Crippen LogP) is 4.02. The minimum atomic E-state index is -2.55. The van der Waals surface area contributed by atoms with Gasteiger partial charge in [-0.3, -0.25) is 23.5 Å². The lowest BCUT2D eigenvalue weighted by atomic mass is 9.85. The van der Waals surface area contributed by atoms with E-state index in [4.69, 9.17) is 4.74 Å². The molecule has 49 heavy (non-hydrogen) atoms. The molecule has 3 unspecified atom stereocenters. The van der Waals surface area contributed by atoms with Crippen LogP contribution in [0.15, 0.2) is 42.7 Å². The minimum Gasteiger partial charge on any atom is -0.494 e. The highest BCUT2D eigenvalue weighted by Gasteiger charge is 2.42. The van der Waals surface area contributed by atoms with Crippen LogP contribution in [0, 0.1) is 5.41 Å². The number of nitrogens with one attached hydrogen (secondary N) is 4. The number of ether oxygens (including phenoxy) is 1. The smallest absolute Gasteiger partial charge is 0.247 e. The normalized spacial score (nSPS) is 19.6. The lowest BCUT2D eigenvalue weighted by molar-refractivity contribution is -0.143. The molecule has 3 atom stereocenters. The van der Waals surface area contributed by atoms with Crippen molar-refractivity contribution >= 4 is 62.1 Å². The second-order valence-corrected chi connectivity index (χ2v) is 16.0. The van der Waals surface area contributed by atoms with Gasteiger partial charge in [-0.05, 0) is 50.4 Å². The van der Waals surface area contributed by atoms with Gasteiger partial charge < -0.3 is 35.8 Å². The van der Waals surface area contributed by atoms with E-state index in [0.717, 1.165) is 11.4 Å². The first-order chi connectivity index (χ1) is 23.2. The zero-order chi connectivity index (χ0) is 35.5. The van der Waals surface area contributed by atoms with Gasteiger partial charge in [0, 0.05) is 31.1 Å². The van der Waals surface area contributed by atoms with Gasteiger partial charge in [-0.25, -0.2) is 9.97 Å². The molecule has 0 spiro atoms. The average molecular weight is 697 g/mol. The number of rotatable bonds is 10. The molecule has 14 nitrogen and oxygen atoms in total. The van der Waals surface area contributed by atoms with E-state index in [2.05, 4.69) is 36.1 Å². The van der Waals surface area contributed by atoms with Crippen LogP contribution in [0.4, 0.5) is 22.9 Å². The van der Waals surface area contributed by atoms with Crippen LogP contribution in [-0.4, -0.2) is 105 Å². The van der Waals surface area contributed by atoms with Crippen molar-refractivity contribution in [1.29, 1.82) is 0 Å². The third kappa shape index (κ3) is 8.18. The molecule has 3 aromatic rings. The van der Waals surface area contributed by atoms with Crippen molar-refractivity contribution in [3.63, 3.8) is 0 Å². The third-order valence-electron chi connectivity index (χ3n) is 9.15. The van der Waals surface area contributed by atoms with E-state index in [1.807, 2.05) is 45.0 Å². The molecule has 2 aliphatic rings. The van der Waals surface area contributed by atoms with E-state index >= 15 is 0 Å². The molecular weight excluding hydrogens is 648 g/mol. The Hall–Kier alpha value is -4.18. The lowest BCUT2D eigenvalue weighted by Gasteiger charge is -2.42. The van der Waals surface area contributed by atoms with Crippen LogP contribution in [-0.2, 0) is 14.4 Å². The molecule has 0 bridgehead atoms. The van der Waals surface area contributed by atoms with Gasteiger partial charge in [-0.1, -0.05) is 32.9 Å². The number of likely N-dealkylation sites (N-methyl/N-ethyl adjacent to an activating group) is 1. The molecule has 0 radical (unpaired) electrons. The summed E-state index contributed by atoms with van der Waals surface area (Å²) in [6.07, 6.45) is 2.57. The first kappa shape index (κ1) is 36.1. The second-order valence-electron chi connectivity index (χ2n) is 13.6. The third-order valence-corrected chi connectivity index (χ3v) is 10.8. The quantitative estimate of drug-likeness (QED) is 0.180. The lowest BCUT2D eigenvalue weighted by Crippen LogP contribution is -2.59. The molecular formula is C34H48N8O6S. The first-order valence-electron chi connectivity index (χ1n) is 16.5. The summed E-state index contributed by atoms with van der Waals surface area (Å²) in [5, 5.41) is 12.9. The summed E-state index contributed by atoms with van der Waals surface area (Å²) < 4.78 is 25.9. The number of hydrogen-bond donors (Lipinski definition) is 6. The Balaban J connectivity index is 1.40. The van der Waals surface area contributed by atoms with Gasteiger partial charge in [0.25, 0.3) is 0 Å². The highest BCUT2D eigenvalue weighted by atomic mass is 32.3. The van der Waals surface area contributed by atoms with Crippen LogP contribution in [0.5, 0.6) is 5.75 Å². The number of aromatic nitrogens is 2. The maximum absolute atomic E-state index is 13.9. The van der Waals surface area contributed by atoms with Gasteiger partial charge in [-0.15, -0.1) is 0 Å². The highest BCUT2D eigenvalue weighted by Crippen LogP contribution is 2.43. The fourth-order valence-electron chi connectivity index (χ4n) is 6.13. The Labute approximate surface area is 288 Å². The van der Waals surface area contributed by atoms with Crippen molar-refractivity contribution in [1.82, 2.24) is 25.5 Å². The molecule has 2 saturated heterocycles. The number of methoxy groups -OCH3 is 1. The number of hydrogen-bond acceptors (Lipinski definition) is 11. The molecule has 2 fully saturated rings. The molecule has 15 heteroatoms. The standard InChI is InChI=1S/C34H48N8O6S/c1-21(35-5)31(43)40-29(34(2,3)4)33(45)42-13-9-12-27(42)32(44)39-25-18-22-24(19-28(25)48-6)36-20-37-30(22)38-23-10-7-8-11-26(23)41-14-16-49(46,47)17-15-41/h7-8,10-11,18-21,27,29,35,46-47H,9,12-17H2,1-6H3,(H,39,44)(H,40,43)(H,36,37,38). The Morgan fingerprint density at radius 2 is 1.76 bits per heavy atom. The molecule has 0 aliphatic carbocycles. The van der Waals surface area contributed by atoms with Crippen molar-refractivity contribution < 1.29 is 28.2 Å². The summed E-state index contributed by atoms with van der Waals surface area (Å²) in [5.41, 5.74) is 2.09. The number of para-hydroxylation sites is 2. The number of carbonyl (C=O) groups is 3. The van der Waals surface area contributed by atoms with Crippen LogP contribution in [0.1, 0.15) is 40.5 Å². The maximum Gasteiger partial charge on any atom is 0.247 e. The molecule has 3 heterocycles. The van der Waals surface area contributed by atoms with E-state index in [1.165, 1.54) is 13.4 Å². The summed E-state index contributed by atoms with van der Waals surface area (Å²) in [5.74, 6) is 0.574. The van der Waals surface area contributed by atoms with Gasteiger partial charge >= 0.3 is 0 Å². The first-order valence-corrected chi connectivity index (χ1v) is 18.4. The van der Waals surface area contributed by atoms with E-state index in [-0.39, 0.29) is 17.7 Å². The van der Waals surface area contributed by atoms with Crippen molar-refractivity contribution in [2.24, 2.45) is 5.41 Å². The highest BCUT2D eigenvalue weighted by molar-refractivity contribution is 8.24. The van der Waals surface area contributed by atoms with Crippen molar-refractivity contribution in [3.8, 4) is 5.75 Å². The van der Waals surface area contributed by atoms with Gasteiger partial charge in [0.05, 0.1) is 47.2 Å². The Kier molecular flexibility index (Phi) is 10.9. The summed E-state index contributed by atoms with van der Waals surface area (Å²) in [4.78, 5) is 53.2. The molecule has 266 valence electrons. The SMILES string of the molecule is CNC(C)C(=O)NC(C(=O)N1CCCC1C(=O)Nc1cc2c(Nc3ccccc3N3CCS(O)(O)CC3)ncnc2cc1OC)C(C)(C)C. The van der Waals surface area contributed by atoms with Crippen molar-refractivity contribution in [2.45, 2.75) is 58.7 Å². The van der Waals surface area contributed by atoms with E-state index in [1.54, 1.807) is 31.0 Å². The summed E-state index contributed by atoms with van der Waals surface area (Å²) in [6, 6.07) is 9.18. The number of carbonyl (C=O) groups excluding carboxylic acids is 3.